The Labute approximate surface area is 141 Å². The van der Waals surface area contributed by atoms with Crippen LogP contribution in [0.2, 0.25) is 0 Å². The SMILES string of the molecule is Cc1cccc(C#Cc2cc(Oc3nn[nH]c3C(=O)O)cc(=O)[nH]2)c1. The second-order valence-corrected chi connectivity index (χ2v) is 5.11. The molecule has 3 aromatic rings. The number of H-pyrrole nitrogens is 2. The summed E-state index contributed by atoms with van der Waals surface area (Å²) < 4.78 is 5.33. The van der Waals surface area contributed by atoms with E-state index in [9.17, 15) is 9.59 Å². The van der Waals surface area contributed by atoms with Gasteiger partial charge in [0.1, 0.15) is 5.75 Å². The molecular weight excluding hydrogens is 324 g/mol. The standard InChI is InChI=1S/C17H12N4O4/c1-10-3-2-4-11(7-10)5-6-12-8-13(9-14(22)18-12)25-16-15(17(23)24)19-21-20-16/h2-4,7-9H,1H3,(H,18,22)(H,23,24)(H,19,20,21). The molecule has 8 heteroatoms. The summed E-state index contributed by atoms with van der Waals surface area (Å²) >= 11 is 0. The number of hydrogen-bond donors (Lipinski definition) is 3. The van der Waals surface area contributed by atoms with Crippen molar-refractivity contribution in [1.29, 1.82) is 0 Å². The Kier molecular flexibility index (Phi) is 4.30. The number of carboxylic acid groups (broad SMARTS) is 1. The Hall–Kier alpha value is -3.86. The monoisotopic (exact) mass is 336 g/mol. The highest BCUT2D eigenvalue weighted by molar-refractivity contribution is 5.87. The van der Waals surface area contributed by atoms with Crippen LogP contribution in [-0.4, -0.2) is 31.5 Å². The van der Waals surface area contributed by atoms with Crippen LogP contribution in [0.5, 0.6) is 11.6 Å². The Bertz CT molecular complexity index is 1060. The number of nitrogens with zero attached hydrogens (tertiary/aromatic N) is 2. The smallest absolute Gasteiger partial charge is 0.359 e. The van der Waals surface area contributed by atoms with Crippen molar-refractivity contribution in [2.24, 2.45) is 0 Å². The lowest BCUT2D eigenvalue weighted by molar-refractivity contribution is 0.0687. The number of ether oxygens (including phenoxy) is 1. The first-order chi connectivity index (χ1) is 12.0. The number of carboxylic acids is 1. The average molecular weight is 336 g/mol. The van der Waals surface area contributed by atoms with E-state index in [-0.39, 0.29) is 17.3 Å². The zero-order valence-electron chi connectivity index (χ0n) is 13.0. The van der Waals surface area contributed by atoms with E-state index < -0.39 is 11.5 Å². The molecule has 3 N–H and O–H groups in total. The molecule has 0 saturated carbocycles. The molecule has 0 aliphatic rings. The van der Waals surface area contributed by atoms with Gasteiger partial charge in [0.25, 0.3) is 11.4 Å². The van der Waals surface area contributed by atoms with Gasteiger partial charge in [-0.3, -0.25) is 4.79 Å². The third kappa shape index (κ3) is 3.92. The number of rotatable bonds is 3. The van der Waals surface area contributed by atoms with Crippen molar-refractivity contribution in [2.45, 2.75) is 6.92 Å². The fraction of sp³-hybridized carbons (Fsp3) is 0.0588. The van der Waals surface area contributed by atoms with Crippen molar-refractivity contribution < 1.29 is 14.6 Å². The molecule has 0 saturated heterocycles. The summed E-state index contributed by atoms with van der Waals surface area (Å²) in [7, 11) is 0. The highest BCUT2D eigenvalue weighted by Crippen LogP contribution is 2.20. The van der Waals surface area contributed by atoms with Crippen molar-refractivity contribution in [3.05, 3.63) is 69.3 Å². The molecule has 124 valence electrons. The highest BCUT2D eigenvalue weighted by Gasteiger charge is 2.16. The van der Waals surface area contributed by atoms with E-state index in [1.54, 1.807) is 0 Å². The maximum atomic E-state index is 11.8. The first-order valence-corrected chi connectivity index (χ1v) is 7.16. The van der Waals surface area contributed by atoms with Crippen molar-refractivity contribution in [3.8, 4) is 23.5 Å². The van der Waals surface area contributed by atoms with E-state index in [0.717, 1.165) is 17.2 Å². The summed E-state index contributed by atoms with van der Waals surface area (Å²) in [6, 6.07) is 10.3. The van der Waals surface area contributed by atoms with Crippen LogP contribution in [-0.2, 0) is 0 Å². The first kappa shape index (κ1) is 16.0. The molecule has 0 amide bonds. The predicted molar refractivity (Wildman–Crippen MR) is 87.6 cm³/mol. The van der Waals surface area contributed by atoms with E-state index in [0.29, 0.717) is 5.69 Å². The van der Waals surface area contributed by atoms with Crippen LogP contribution >= 0.6 is 0 Å². The quantitative estimate of drug-likeness (QED) is 0.626. The van der Waals surface area contributed by atoms with Gasteiger partial charge in [-0.2, -0.15) is 0 Å². The summed E-state index contributed by atoms with van der Waals surface area (Å²) in [6.45, 7) is 1.96. The summed E-state index contributed by atoms with van der Waals surface area (Å²) in [5, 5.41) is 18.1. The first-order valence-electron chi connectivity index (χ1n) is 7.16. The number of aromatic carboxylic acids is 1. The molecule has 0 unspecified atom stereocenters. The molecule has 0 fully saturated rings. The van der Waals surface area contributed by atoms with Crippen molar-refractivity contribution >= 4 is 5.97 Å². The van der Waals surface area contributed by atoms with E-state index in [2.05, 4.69) is 32.2 Å². The fourth-order valence-electron chi connectivity index (χ4n) is 2.05. The van der Waals surface area contributed by atoms with Crippen LogP contribution in [0.15, 0.2) is 41.2 Å². The molecule has 1 aromatic carbocycles. The van der Waals surface area contributed by atoms with Gasteiger partial charge >= 0.3 is 5.97 Å². The number of aromatic nitrogens is 4. The minimum Gasteiger partial charge on any atom is -0.476 e. The topological polar surface area (TPSA) is 121 Å². The number of aryl methyl sites for hydroxylation is 1. The van der Waals surface area contributed by atoms with Crippen LogP contribution in [0.4, 0.5) is 0 Å². The molecule has 0 radical (unpaired) electrons. The zero-order valence-corrected chi connectivity index (χ0v) is 13.0. The molecule has 0 bridgehead atoms. The molecule has 0 aliphatic carbocycles. The maximum absolute atomic E-state index is 11.8. The summed E-state index contributed by atoms with van der Waals surface area (Å²) in [4.78, 5) is 25.4. The number of benzene rings is 1. The van der Waals surface area contributed by atoms with Crippen molar-refractivity contribution in [3.63, 3.8) is 0 Å². The fourth-order valence-corrected chi connectivity index (χ4v) is 2.05. The van der Waals surface area contributed by atoms with Gasteiger partial charge in [-0.25, -0.2) is 9.89 Å². The Morgan fingerprint density at radius 2 is 2.08 bits per heavy atom. The summed E-state index contributed by atoms with van der Waals surface area (Å²) in [5.41, 5.74) is 1.45. The highest BCUT2D eigenvalue weighted by atomic mass is 16.5. The van der Waals surface area contributed by atoms with Crippen LogP contribution < -0.4 is 10.3 Å². The lowest BCUT2D eigenvalue weighted by Gasteiger charge is -2.02. The number of aromatic amines is 2. The van der Waals surface area contributed by atoms with Gasteiger partial charge in [-0.15, -0.1) is 0 Å². The van der Waals surface area contributed by atoms with E-state index in [1.165, 1.54) is 6.07 Å². The number of pyridine rings is 1. The van der Waals surface area contributed by atoms with Crippen LogP contribution in [0.3, 0.4) is 0 Å². The lowest BCUT2D eigenvalue weighted by atomic mass is 10.1. The number of nitrogens with one attached hydrogen (secondary N) is 2. The van der Waals surface area contributed by atoms with Gasteiger partial charge in [0.15, 0.2) is 0 Å². The maximum Gasteiger partial charge on any atom is 0.359 e. The molecule has 2 heterocycles. The van der Waals surface area contributed by atoms with E-state index in [4.69, 9.17) is 9.84 Å². The largest absolute Gasteiger partial charge is 0.476 e. The zero-order chi connectivity index (χ0) is 17.8. The Balaban J connectivity index is 1.90. The third-order valence-corrected chi connectivity index (χ3v) is 3.12. The number of hydrogen-bond acceptors (Lipinski definition) is 5. The molecule has 0 spiro atoms. The summed E-state index contributed by atoms with van der Waals surface area (Å²) in [5.74, 6) is 4.37. The van der Waals surface area contributed by atoms with Gasteiger partial charge in [-0.05, 0) is 30.5 Å². The van der Waals surface area contributed by atoms with Crippen molar-refractivity contribution in [2.75, 3.05) is 0 Å². The number of carbonyl (C=O) groups is 1. The van der Waals surface area contributed by atoms with Gasteiger partial charge in [-0.1, -0.05) is 28.4 Å². The van der Waals surface area contributed by atoms with E-state index >= 15 is 0 Å². The van der Waals surface area contributed by atoms with Crippen LogP contribution in [0, 0.1) is 18.8 Å². The lowest BCUT2D eigenvalue weighted by Crippen LogP contribution is -2.07. The van der Waals surface area contributed by atoms with Gasteiger partial charge < -0.3 is 14.8 Å². The molecule has 0 atom stereocenters. The summed E-state index contributed by atoms with van der Waals surface area (Å²) in [6.07, 6.45) is 0. The van der Waals surface area contributed by atoms with Crippen LogP contribution in [0.25, 0.3) is 0 Å². The third-order valence-electron chi connectivity index (χ3n) is 3.12. The van der Waals surface area contributed by atoms with Gasteiger partial charge in [0, 0.05) is 17.7 Å². The minimum absolute atomic E-state index is 0.105. The van der Waals surface area contributed by atoms with Gasteiger partial charge in [0.2, 0.25) is 5.69 Å². The van der Waals surface area contributed by atoms with E-state index in [1.807, 2.05) is 31.2 Å². The normalized spacial score (nSPS) is 9.96. The second-order valence-electron chi connectivity index (χ2n) is 5.11. The Morgan fingerprint density at radius 3 is 2.84 bits per heavy atom. The minimum atomic E-state index is -1.27. The molecule has 25 heavy (non-hydrogen) atoms. The molecular formula is C17H12N4O4. The molecule has 3 rings (SSSR count). The van der Waals surface area contributed by atoms with Crippen LogP contribution in [0.1, 0.15) is 27.3 Å². The molecule has 0 aliphatic heterocycles. The molecule has 2 aromatic heterocycles. The van der Waals surface area contributed by atoms with Gasteiger partial charge in [0.05, 0.1) is 5.69 Å². The molecule has 8 nitrogen and oxygen atoms in total. The average Bonchev–Trinajstić information content (AvgIpc) is 3.01. The Morgan fingerprint density at radius 1 is 1.24 bits per heavy atom. The second kappa shape index (κ2) is 6.72. The van der Waals surface area contributed by atoms with Crippen molar-refractivity contribution in [1.82, 2.24) is 20.4 Å². The predicted octanol–water partition coefficient (Wildman–Crippen LogP) is 1.69.